The third-order valence-corrected chi connectivity index (χ3v) is 3.16. The van der Waals surface area contributed by atoms with Crippen LogP contribution in [0.1, 0.15) is 6.42 Å². The molecule has 0 radical (unpaired) electrons. The smallest absolute Gasteiger partial charge is 0.173 e. The number of sulfone groups is 1. The van der Waals surface area contributed by atoms with Crippen molar-refractivity contribution < 1.29 is 22.7 Å². The zero-order chi connectivity index (χ0) is 11.0. The van der Waals surface area contributed by atoms with E-state index in [2.05, 4.69) is 4.74 Å². The Morgan fingerprint density at radius 2 is 1.86 bits per heavy atom. The Labute approximate surface area is 84.3 Å². The number of hydrogen-bond acceptors (Lipinski definition) is 5. The van der Waals surface area contributed by atoms with Crippen LogP contribution in [0.2, 0.25) is 0 Å². The highest BCUT2D eigenvalue weighted by atomic mass is 32.2. The topological polar surface area (TPSA) is 69.7 Å². The zero-order valence-electron chi connectivity index (χ0n) is 8.49. The lowest BCUT2D eigenvalue weighted by Crippen LogP contribution is -2.22. The van der Waals surface area contributed by atoms with Gasteiger partial charge >= 0.3 is 0 Å². The highest BCUT2D eigenvalue weighted by molar-refractivity contribution is 7.92. The molecule has 0 heterocycles. The van der Waals surface area contributed by atoms with Crippen molar-refractivity contribution in [2.45, 2.75) is 6.42 Å². The molecular weight excluding hydrogens is 208 g/mol. The van der Waals surface area contributed by atoms with Gasteiger partial charge in [0.2, 0.25) is 0 Å². The zero-order valence-corrected chi connectivity index (χ0v) is 9.30. The molecule has 0 aromatic carbocycles. The van der Waals surface area contributed by atoms with Crippen molar-refractivity contribution in [3.8, 4) is 0 Å². The molecule has 0 saturated heterocycles. The van der Waals surface area contributed by atoms with Crippen LogP contribution in [0.3, 0.4) is 0 Å². The third-order valence-electron chi connectivity index (χ3n) is 1.49. The first-order valence-corrected chi connectivity index (χ1v) is 6.04. The molecule has 0 spiro atoms. The van der Waals surface area contributed by atoms with E-state index in [0.717, 1.165) is 0 Å². The van der Waals surface area contributed by atoms with E-state index in [1.807, 2.05) is 0 Å². The van der Waals surface area contributed by atoms with Crippen molar-refractivity contribution in [3.63, 3.8) is 0 Å². The summed E-state index contributed by atoms with van der Waals surface area (Å²) in [5, 5.41) is 0. The average Bonchev–Trinajstić information content (AvgIpc) is 2.03. The fourth-order valence-corrected chi connectivity index (χ4v) is 2.22. The summed E-state index contributed by atoms with van der Waals surface area (Å²) in [6.07, 6.45) is 0.416. The largest absolute Gasteiger partial charge is 0.385 e. The van der Waals surface area contributed by atoms with E-state index < -0.39 is 21.4 Å². The van der Waals surface area contributed by atoms with Gasteiger partial charge in [0.25, 0.3) is 0 Å². The molecule has 5 nitrogen and oxygen atoms in total. The summed E-state index contributed by atoms with van der Waals surface area (Å²) in [4.78, 5) is 11.0. The molecule has 6 heteroatoms. The van der Waals surface area contributed by atoms with Gasteiger partial charge in [-0.1, -0.05) is 0 Å². The molecule has 0 saturated carbocycles. The number of carbonyl (C=O) groups is 1. The molecule has 0 bridgehead atoms. The Hall–Kier alpha value is -0.460. The molecule has 0 aromatic rings. The number of methoxy groups -OCH3 is 2. The minimum absolute atomic E-state index is 0.0176. The summed E-state index contributed by atoms with van der Waals surface area (Å²) in [5.41, 5.74) is 0. The van der Waals surface area contributed by atoms with Gasteiger partial charge in [0.15, 0.2) is 15.6 Å². The van der Waals surface area contributed by atoms with E-state index in [4.69, 9.17) is 4.74 Å². The molecule has 0 aliphatic rings. The average molecular weight is 224 g/mol. The second-order valence-corrected chi connectivity index (χ2v) is 5.09. The van der Waals surface area contributed by atoms with Gasteiger partial charge in [0, 0.05) is 20.8 Å². The van der Waals surface area contributed by atoms with E-state index in [-0.39, 0.29) is 12.4 Å². The maximum atomic E-state index is 11.3. The number of carbonyl (C=O) groups excluding carboxylic acids is 1. The van der Waals surface area contributed by atoms with Gasteiger partial charge in [-0.3, -0.25) is 4.79 Å². The fourth-order valence-electron chi connectivity index (χ4n) is 0.943. The van der Waals surface area contributed by atoms with E-state index in [0.29, 0.717) is 13.0 Å². The summed E-state index contributed by atoms with van der Waals surface area (Å²) in [6.45, 7) is 0.237. The quantitative estimate of drug-likeness (QED) is 0.527. The predicted molar refractivity (Wildman–Crippen MR) is 52.0 cm³/mol. The lowest BCUT2D eigenvalue weighted by molar-refractivity contribution is -0.120. The number of ether oxygens (including phenoxy) is 2. The first-order chi connectivity index (χ1) is 6.52. The monoisotopic (exact) mass is 224 g/mol. The first-order valence-electron chi connectivity index (χ1n) is 4.22. The standard InChI is InChI=1S/C8H16O5S/c1-12-4-3-5-14(10,11)7-8(9)6-13-2/h3-7H2,1-2H3. The van der Waals surface area contributed by atoms with Crippen LogP contribution in [0.4, 0.5) is 0 Å². The number of ketones is 1. The second-order valence-electron chi connectivity index (χ2n) is 2.91. The van der Waals surface area contributed by atoms with Crippen molar-refractivity contribution in [1.82, 2.24) is 0 Å². The van der Waals surface area contributed by atoms with Crippen molar-refractivity contribution in [2.75, 3.05) is 38.9 Å². The molecule has 84 valence electrons. The summed E-state index contributed by atoms with van der Waals surface area (Å²) in [6, 6.07) is 0. The van der Waals surface area contributed by atoms with Crippen LogP contribution in [0.5, 0.6) is 0 Å². The molecule has 0 atom stereocenters. The van der Waals surface area contributed by atoms with Gasteiger partial charge < -0.3 is 9.47 Å². The SMILES string of the molecule is COCCCS(=O)(=O)CC(=O)COC. The van der Waals surface area contributed by atoms with Crippen molar-refractivity contribution >= 4 is 15.6 Å². The number of hydrogen-bond donors (Lipinski definition) is 0. The van der Waals surface area contributed by atoms with Crippen LogP contribution in [0.25, 0.3) is 0 Å². The van der Waals surface area contributed by atoms with E-state index in [9.17, 15) is 13.2 Å². The summed E-state index contributed by atoms with van der Waals surface area (Å²) in [7, 11) is -0.426. The Kier molecular flexibility index (Phi) is 6.69. The van der Waals surface area contributed by atoms with Crippen LogP contribution in [-0.4, -0.2) is 53.1 Å². The minimum atomic E-state index is -3.28. The highest BCUT2D eigenvalue weighted by Gasteiger charge is 2.15. The van der Waals surface area contributed by atoms with Crippen LogP contribution < -0.4 is 0 Å². The van der Waals surface area contributed by atoms with E-state index in [1.165, 1.54) is 14.2 Å². The Morgan fingerprint density at radius 3 is 2.36 bits per heavy atom. The lowest BCUT2D eigenvalue weighted by Gasteiger charge is -2.02. The highest BCUT2D eigenvalue weighted by Crippen LogP contribution is 1.95. The van der Waals surface area contributed by atoms with Gasteiger partial charge in [-0.15, -0.1) is 0 Å². The summed E-state index contributed by atoms with van der Waals surface area (Å²) < 4.78 is 31.8. The molecule has 0 amide bonds. The molecule has 14 heavy (non-hydrogen) atoms. The summed E-state index contributed by atoms with van der Waals surface area (Å²) >= 11 is 0. The Bertz CT molecular complexity index is 257. The number of Topliss-reactive ketones (excluding diaryl/α,β-unsaturated/α-hetero) is 1. The van der Waals surface area contributed by atoms with Crippen LogP contribution >= 0.6 is 0 Å². The maximum absolute atomic E-state index is 11.3. The Balaban J connectivity index is 3.89. The van der Waals surface area contributed by atoms with Crippen LogP contribution in [0.15, 0.2) is 0 Å². The molecular formula is C8H16O5S. The molecule has 0 fully saturated rings. The van der Waals surface area contributed by atoms with Crippen LogP contribution in [0, 0.1) is 0 Å². The molecule has 0 aromatic heterocycles. The molecule has 0 N–H and O–H groups in total. The van der Waals surface area contributed by atoms with E-state index in [1.54, 1.807) is 0 Å². The predicted octanol–water partition coefficient (Wildman–Crippen LogP) is -0.347. The molecule has 0 aliphatic heterocycles. The summed E-state index contributed by atoms with van der Waals surface area (Å²) in [5.74, 6) is -0.870. The maximum Gasteiger partial charge on any atom is 0.173 e. The first kappa shape index (κ1) is 13.5. The fraction of sp³-hybridized carbons (Fsp3) is 0.875. The van der Waals surface area contributed by atoms with Gasteiger partial charge in [-0.25, -0.2) is 8.42 Å². The molecule has 0 aliphatic carbocycles. The van der Waals surface area contributed by atoms with Crippen LogP contribution in [-0.2, 0) is 24.1 Å². The van der Waals surface area contributed by atoms with Gasteiger partial charge in [0.1, 0.15) is 12.4 Å². The van der Waals surface area contributed by atoms with E-state index >= 15 is 0 Å². The van der Waals surface area contributed by atoms with Crippen molar-refractivity contribution in [1.29, 1.82) is 0 Å². The van der Waals surface area contributed by atoms with Gasteiger partial charge in [0.05, 0.1) is 5.75 Å². The minimum Gasteiger partial charge on any atom is -0.385 e. The Morgan fingerprint density at radius 1 is 1.21 bits per heavy atom. The van der Waals surface area contributed by atoms with Crippen molar-refractivity contribution in [2.24, 2.45) is 0 Å². The molecule has 0 unspecified atom stereocenters. The van der Waals surface area contributed by atoms with Crippen molar-refractivity contribution in [3.05, 3.63) is 0 Å². The number of rotatable bonds is 8. The van der Waals surface area contributed by atoms with Gasteiger partial charge in [-0.05, 0) is 6.42 Å². The third kappa shape index (κ3) is 6.99. The second kappa shape index (κ2) is 6.92. The normalized spacial score (nSPS) is 11.6. The molecule has 0 rings (SSSR count). The van der Waals surface area contributed by atoms with Gasteiger partial charge in [-0.2, -0.15) is 0 Å². The lowest BCUT2D eigenvalue weighted by atomic mass is 10.5.